The summed E-state index contributed by atoms with van der Waals surface area (Å²) in [6, 6.07) is 18.6. The van der Waals surface area contributed by atoms with Crippen molar-refractivity contribution in [2.75, 3.05) is 106 Å². The molecule has 3 saturated heterocycles. The zero-order chi connectivity index (χ0) is 50.1. The van der Waals surface area contributed by atoms with Crippen molar-refractivity contribution in [3.8, 4) is 0 Å². The van der Waals surface area contributed by atoms with Crippen LogP contribution in [0.15, 0.2) is 72.8 Å². The number of carbonyl (C=O) groups excluding carboxylic acids is 6. The van der Waals surface area contributed by atoms with E-state index in [4.69, 9.17) is 14.2 Å². The van der Waals surface area contributed by atoms with Gasteiger partial charge < -0.3 is 40.4 Å². The van der Waals surface area contributed by atoms with E-state index in [1.807, 2.05) is 36.4 Å². The van der Waals surface area contributed by atoms with E-state index >= 15 is 0 Å². The maximum atomic E-state index is 14.0. The second-order valence-electron chi connectivity index (χ2n) is 18.1. The third-order valence-corrected chi connectivity index (χ3v) is 13.1. The maximum absolute atomic E-state index is 14.0. The Hall–Kier alpha value is -7.33. The number of piperidine rings is 1. The minimum absolute atomic E-state index is 0.0520. The fourth-order valence-electron chi connectivity index (χ4n) is 9.35. The van der Waals surface area contributed by atoms with Gasteiger partial charge in [-0.3, -0.25) is 49.0 Å². The largest absolute Gasteiger partial charge is 0.383 e. The quantitative estimate of drug-likeness (QED) is 0.0478. The molecule has 0 bridgehead atoms. The zero-order valence-corrected chi connectivity index (χ0v) is 39.5. The van der Waals surface area contributed by atoms with Gasteiger partial charge >= 0.3 is 0 Å². The Morgan fingerprint density at radius 1 is 0.778 bits per heavy atom. The molecule has 0 spiro atoms. The van der Waals surface area contributed by atoms with E-state index in [9.17, 15) is 37.5 Å². The number of hydrogen-bond acceptors (Lipinski definition) is 14. The molecule has 1 unspecified atom stereocenters. The first kappa shape index (κ1) is 49.6. The average molecular weight is 991 g/mol. The predicted octanol–water partition coefficient (Wildman–Crippen LogP) is 4.06. The number of aromatic nitrogens is 2. The lowest BCUT2D eigenvalue weighted by atomic mass is 10.0. The Balaban J connectivity index is 0.683. The Labute approximate surface area is 413 Å². The lowest BCUT2D eigenvalue weighted by Gasteiger charge is -2.36. The summed E-state index contributed by atoms with van der Waals surface area (Å²) >= 11 is 0. The van der Waals surface area contributed by atoms with Crippen molar-refractivity contribution in [3.05, 3.63) is 112 Å². The molecule has 0 radical (unpaired) electrons. The Morgan fingerprint density at radius 3 is 2.29 bits per heavy atom. The minimum Gasteiger partial charge on any atom is -0.383 e. The average Bonchev–Trinajstić information content (AvgIpc) is 3.87. The van der Waals surface area contributed by atoms with Gasteiger partial charge in [0.2, 0.25) is 17.7 Å². The standard InChI is InChI=1S/C51H56F2N10O9/c52-33-24-32(25-34(53)27-33)23-31-1-6-42-41(26-31)47(60-59-42)58-48(66)39-5-3-37(29-43(39)56-35-9-17-70-18-10-35)62-15-13-61(14-16-62)30-46(65)55-12-20-72-22-21-71-19-11-54-36-2-4-38-40(28-36)51(69)63(50(38)68)44-7-8-45(64)57-49(44)67/h1-6,24-29,35,44,54,56H,7-23,30H2,(H,55,65)(H,57,64,67)(H2,58,59,60,66). The van der Waals surface area contributed by atoms with E-state index in [-0.39, 0.29) is 48.4 Å². The molecule has 0 saturated carbocycles. The van der Waals surface area contributed by atoms with Crippen LogP contribution in [0, 0.1) is 11.6 Å². The number of anilines is 4. The van der Waals surface area contributed by atoms with Crippen LogP contribution in [0.3, 0.4) is 0 Å². The van der Waals surface area contributed by atoms with Crippen LogP contribution in [0.25, 0.3) is 10.9 Å². The molecule has 4 aliphatic rings. The number of nitrogens with one attached hydrogen (secondary N) is 6. The molecule has 5 aromatic rings. The van der Waals surface area contributed by atoms with Gasteiger partial charge in [0, 0.05) is 93.5 Å². The maximum Gasteiger partial charge on any atom is 0.262 e. The number of rotatable bonds is 20. The van der Waals surface area contributed by atoms with E-state index in [2.05, 4.69) is 46.6 Å². The van der Waals surface area contributed by atoms with Crippen LogP contribution in [0.4, 0.5) is 31.7 Å². The van der Waals surface area contributed by atoms with Crippen LogP contribution in [0.5, 0.6) is 0 Å². The van der Waals surface area contributed by atoms with Gasteiger partial charge in [-0.2, -0.15) is 5.10 Å². The van der Waals surface area contributed by atoms with Crippen LogP contribution in [0.1, 0.15) is 67.9 Å². The molecule has 1 atom stereocenters. The van der Waals surface area contributed by atoms with Crippen molar-refractivity contribution in [2.45, 2.75) is 44.2 Å². The van der Waals surface area contributed by atoms with E-state index < -0.39 is 41.3 Å². The van der Waals surface area contributed by atoms with Crippen molar-refractivity contribution in [2.24, 2.45) is 0 Å². The van der Waals surface area contributed by atoms with Gasteiger partial charge in [0.15, 0.2) is 5.82 Å². The van der Waals surface area contributed by atoms with E-state index in [1.165, 1.54) is 12.1 Å². The topological polar surface area (TPSA) is 229 Å². The molecule has 378 valence electrons. The fourth-order valence-corrected chi connectivity index (χ4v) is 9.35. The number of piperazine rings is 1. The molecule has 0 aliphatic carbocycles. The van der Waals surface area contributed by atoms with Gasteiger partial charge in [0.1, 0.15) is 17.7 Å². The summed E-state index contributed by atoms with van der Waals surface area (Å²) in [5, 5.41) is 22.9. The van der Waals surface area contributed by atoms with Crippen LogP contribution in [-0.2, 0) is 35.0 Å². The molecule has 3 fully saturated rings. The first-order chi connectivity index (χ1) is 34.9. The third-order valence-electron chi connectivity index (χ3n) is 13.1. The number of ether oxygens (including phenoxy) is 3. The molecule has 5 heterocycles. The highest BCUT2D eigenvalue weighted by atomic mass is 19.1. The van der Waals surface area contributed by atoms with Crippen LogP contribution in [-0.4, -0.2) is 153 Å². The predicted molar refractivity (Wildman–Crippen MR) is 262 cm³/mol. The van der Waals surface area contributed by atoms with Gasteiger partial charge in [0.25, 0.3) is 17.7 Å². The minimum atomic E-state index is -1.02. The van der Waals surface area contributed by atoms with Crippen molar-refractivity contribution in [3.63, 3.8) is 0 Å². The molecule has 4 aliphatic heterocycles. The zero-order valence-electron chi connectivity index (χ0n) is 39.5. The number of imide groups is 2. The molecular weight excluding hydrogens is 935 g/mol. The normalized spacial score (nSPS) is 17.6. The highest BCUT2D eigenvalue weighted by Gasteiger charge is 2.44. The Morgan fingerprint density at radius 2 is 1.53 bits per heavy atom. The molecule has 19 nitrogen and oxygen atoms in total. The fraction of sp³-hybridized carbons (Fsp3) is 0.392. The highest BCUT2D eigenvalue weighted by molar-refractivity contribution is 6.23. The summed E-state index contributed by atoms with van der Waals surface area (Å²) < 4.78 is 44.7. The SMILES string of the molecule is O=C(CN1CCN(c2ccc(C(=O)Nc3n[nH]c4ccc(Cc5cc(F)cc(F)c5)cc34)c(NC3CCOCC3)c2)CC1)NCCOCCOCCNc1ccc2c(c1)C(=O)N(C1CCC(=O)NC1=O)C2=O. The third kappa shape index (κ3) is 12.0. The molecule has 1 aromatic heterocycles. The lowest BCUT2D eigenvalue weighted by molar-refractivity contribution is -0.136. The number of halogens is 2. The number of carbonyl (C=O) groups is 6. The number of aromatic amines is 1. The number of nitrogens with zero attached hydrogens (tertiary/aromatic N) is 4. The molecule has 4 aromatic carbocycles. The molecule has 21 heteroatoms. The number of fused-ring (bicyclic) bond motifs is 2. The summed E-state index contributed by atoms with van der Waals surface area (Å²) in [6.07, 6.45) is 2.02. The monoisotopic (exact) mass is 990 g/mol. The number of H-pyrrole nitrogens is 1. The Kier molecular flexibility index (Phi) is 15.7. The molecule has 6 N–H and O–H groups in total. The van der Waals surface area contributed by atoms with Crippen LogP contribution < -0.4 is 31.5 Å². The van der Waals surface area contributed by atoms with Crippen molar-refractivity contribution in [1.82, 2.24) is 30.6 Å². The Bertz CT molecular complexity index is 2830. The summed E-state index contributed by atoms with van der Waals surface area (Å²) in [5.74, 6) is -3.61. The van der Waals surface area contributed by atoms with Crippen LogP contribution >= 0.6 is 0 Å². The van der Waals surface area contributed by atoms with Crippen molar-refractivity contribution in [1.29, 1.82) is 0 Å². The van der Waals surface area contributed by atoms with Crippen molar-refractivity contribution < 1.29 is 51.8 Å². The smallest absolute Gasteiger partial charge is 0.262 e. The van der Waals surface area contributed by atoms with Gasteiger partial charge in [-0.25, -0.2) is 8.78 Å². The number of benzene rings is 4. The van der Waals surface area contributed by atoms with Gasteiger partial charge in [-0.05, 0) is 97.5 Å². The highest BCUT2D eigenvalue weighted by Crippen LogP contribution is 2.31. The summed E-state index contributed by atoms with van der Waals surface area (Å²) in [7, 11) is 0. The van der Waals surface area contributed by atoms with Crippen LogP contribution in [0.2, 0.25) is 0 Å². The summed E-state index contributed by atoms with van der Waals surface area (Å²) in [5.41, 5.74) is 5.08. The number of hydrogen-bond donors (Lipinski definition) is 6. The second kappa shape index (κ2) is 22.8. The number of amides is 6. The molecule has 72 heavy (non-hydrogen) atoms. The van der Waals surface area contributed by atoms with E-state index in [0.29, 0.717) is 125 Å². The van der Waals surface area contributed by atoms with Gasteiger partial charge in [0.05, 0.1) is 55.2 Å². The van der Waals surface area contributed by atoms with Gasteiger partial charge in [-0.1, -0.05) is 6.07 Å². The van der Waals surface area contributed by atoms with Gasteiger partial charge in [-0.15, -0.1) is 0 Å². The molecular formula is C51H56F2N10O9. The lowest BCUT2D eigenvalue weighted by Crippen LogP contribution is -2.54. The second-order valence-corrected chi connectivity index (χ2v) is 18.1. The van der Waals surface area contributed by atoms with E-state index in [0.717, 1.165) is 35.1 Å². The van der Waals surface area contributed by atoms with Crippen molar-refractivity contribution >= 4 is 69.2 Å². The summed E-state index contributed by atoms with van der Waals surface area (Å²) in [6.45, 7) is 6.26. The molecule has 9 rings (SSSR count). The first-order valence-electron chi connectivity index (χ1n) is 24.2. The summed E-state index contributed by atoms with van der Waals surface area (Å²) in [4.78, 5) is 82.0. The first-order valence-corrected chi connectivity index (χ1v) is 24.2. The molecule has 6 amide bonds. The van der Waals surface area contributed by atoms with E-state index in [1.54, 1.807) is 18.2 Å².